The van der Waals surface area contributed by atoms with Crippen molar-refractivity contribution < 1.29 is 8.83 Å². The van der Waals surface area contributed by atoms with Gasteiger partial charge < -0.3 is 8.83 Å². The molecule has 0 N–H and O–H groups in total. The smallest absolute Gasteiger partial charge is 0.178 e. The molecule has 2 heteroatoms. The molecule has 42 heavy (non-hydrogen) atoms. The van der Waals surface area contributed by atoms with Crippen molar-refractivity contribution in [2.45, 2.75) is 0 Å². The second kappa shape index (κ2) is 8.95. The van der Waals surface area contributed by atoms with Gasteiger partial charge in [-0.05, 0) is 62.0 Å². The fourth-order valence-corrected chi connectivity index (χ4v) is 6.66. The van der Waals surface area contributed by atoms with Crippen LogP contribution in [0.4, 0.5) is 0 Å². The van der Waals surface area contributed by atoms with E-state index in [4.69, 9.17) is 8.83 Å². The van der Waals surface area contributed by atoms with Crippen molar-refractivity contribution in [3.05, 3.63) is 146 Å². The first-order valence-electron chi connectivity index (χ1n) is 14.3. The third kappa shape index (κ3) is 3.33. The molecule has 9 aromatic rings. The van der Waals surface area contributed by atoms with Crippen LogP contribution in [0.25, 0.3) is 88.0 Å². The van der Waals surface area contributed by atoms with E-state index < -0.39 is 0 Å². The number of benzene rings is 7. The van der Waals surface area contributed by atoms with E-state index in [9.17, 15) is 0 Å². The Hall–Kier alpha value is -5.60. The second-order valence-corrected chi connectivity index (χ2v) is 10.8. The summed E-state index contributed by atoms with van der Waals surface area (Å²) >= 11 is 0. The van der Waals surface area contributed by atoms with Gasteiger partial charge in [0.2, 0.25) is 0 Å². The average Bonchev–Trinajstić information content (AvgIpc) is 3.66. The molecule has 0 spiro atoms. The van der Waals surface area contributed by atoms with E-state index in [0.29, 0.717) is 0 Å². The summed E-state index contributed by atoms with van der Waals surface area (Å²) in [5.74, 6) is 0.841. The zero-order chi connectivity index (χ0) is 27.6. The van der Waals surface area contributed by atoms with Crippen LogP contribution in [0.2, 0.25) is 0 Å². The molecule has 2 aromatic heterocycles. The van der Waals surface area contributed by atoms with Gasteiger partial charge >= 0.3 is 0 Å². The highest BCUT2D eigenvalue weighted by Gasteiger charge is 2.21. The van der Waals surface area contributed by atoms with Crippen molar-refractivity contribution in [2.75, 3.05) is 0 Å². The lowest BCUT2D eigenvalue weighted by Crippen LogP contribution is -1.92. The maximum Gasteiger partial charge on any atom is 0.178 e. The summed E-state index contributed by atoms with van der Waals surface area (Å²) in [5, 5.41) is 7.92. The van der Waals surface area contributed by atoms with Crippen molar-refractivity contribution in [3.8, 4) is 33.6 Å². The Morgan fingerprint density at radius 3 is 1.64 bits per heavy atom. The highest BCUT2D eigenvalue weighted by molar-refractivity contribution is 6.23. The first kappa shape index (κ1) is 23.1. The maximum absolute atomic E-state index is 6.76. The Labute approximate surface area is 242 Å². The number of hydrogen-bond donors (Lipinski definition) is 0. The summed E-state index contributed by atoms with van der Waals surface area (Å²) in [7, 11) is 0. The van der Waals surface area contributed by atoms with E-state index in [-0.39, 0.29) is 0 Å². The Bertz CT molecular complexity index is 2400. The fourth-order valence-electron chi connectivity index (χ4n) is 6.66. The Balaban J connectivity index is 1.37. The van der Waals surface area contributed by atoms with E-state index in [1.54, 1.807) is 0 Å². The average molecular weight is 537 g/mol. The fraction of sp³-hybridized carbons (Fsp3) is 0. The summed E-state index contributed by atoms with van der Waals surface area (Å²) in [6.45, 7) is 0. The van der Waals surface area contributed by atoms with Crippen LogP contribution in [0.1, 0.15) is 0 Å². The molecule has 0 atom stereocenters. The van der Waals surface area contributed by atoms with Gasteiger partial charge in [-0.1, -0.05) is 127 Å². The molecule has 0 unspecified atom stereocenters. The number of furan rings is 2. The molecule has 9 rings (SSSR count). The van der Waals surface area contributed by atoms with E-state index in [1.807, 2.05) is 18.2 Å². The van der Waals surface area contributed by atoms with Crippen LogP contribution >= 0.6 is 0 Å². The van der Waals surface area contributed by atoms with Crippen molar-refractivity contribution in [2.24, 2.45) is 0 Å². The molecule has 0 saturated carbocycles. The lowest BCUT2D eigenvalue weighted by Gasteiger charge is -2.18. The van der Waals surface area contributed by atoms with Crippen LogP contribution in [-0.4, -0.2) is 0 Å². The monoisotopic (exact) mass is 536 g/mol. The Morgan fingerprint density at radius 2 is 0.929 bits per heavy atom. The Kier molecular flexibility index (Phi) is 4.93. The number of para-hydroxylation sites is 1. The summed E-state index contributed by atoms with van der Waals surface area (Å²) in [5.41, 5.74) is 8.43. The van der Waals surface area contributed by atoms with Crippen molar-refractivity contribution >= 4 is 54.5 Å². The van der Waals surface area contributed by atoms with Crippen LogP contribution in [0.15, 0.2) is 154 Å². The molecule has 196 valence electrons. The van der Waals surface area contributed by atoms with Gasteiger partial charge in [0, 0.05) is 21.7 Å². The second-order valence-electron chi connectivity index (χ2n) is 10.8. The van der Waals surface area contributed by atoms with Crippen molar-refractivity contribution in [1.82, 2.24) is 0 Å². The number of rotatable bonds is 3. The highest BCUT2D eigenvalue weighted by Crippen LogP contribution is 2.47. The molecule has 0 amide bonds. The molecule has 0 bridgehead atoms. The summed E-state index contributed by atoms with van der Waals surface area (Å²) in [6, 6.07) is 51.4. The van der Waals surface area contributed by atoms with E-state index in [2.05, 4.69) is 127 Å². The molecular formula is C40H24O2. The van der Waals surface area contributed by atoms with Crippen LogP contribution < -0.4 is 0 Å². The molecule has 0 aliphatic carbocycles. The normalized spacial score (nSPS) is 11.8. The molecule has 2 nitrogen and oxygen atoms in total. The summed E-state index contributed by atoms with van der Waals surface area (Å²) in [4.78, 5) is 0. The van der Waals surface area contributed by atoms with Gasteiger partial charge in [0.1, 0.15) is 11.3 Å². The maximum atomic E-state index is 6.76. The van der Waals surface area contributed by atoms with Gasteiger partial charge in [-0.15, -0.1) is 0 Å². The molecule has 0 saturated heterocycles. The van der Waals surface area contributed by atoms with Crippen LogP contribution in [0, 0.1) is 0 Å². The van der Waals surface area contributed by atoms with E-state index in [0.717, 1.165) is 55.0 Å². The SMILES string of the molecule is c1ccc(-c2ccccc2-c2c3ccccc3c(-c3cc4ccc5c6ccccc6oc5c4o3)c3ccccc23)cc1. The summed E-state index contributed by atoms with van der Waals surface area (Å²) < 4.78 is 13.1. The largest absolute Gasteiger partial charge is 0.452 e. The predicted molar refractivity (Wildman–Crippen MR) is 175 cm³/mol. The van der Waals surface area contributed by atoms with Gasteiger partial charge in [-0.3, -0.25) is 0 Å². The molecule has 0 aliphatic heterocycles. The molecule has 0 fully saturated rings. The minimum absolute atomic E-state index is 0.783. The minimum Gasteiger partial charge on any atom is -0.452 e. The topological polar surface area (TPSA) is 26.3 Å². The van der Waals surface area contributed by atoms with Crippen LogP contribution in [0.5, 0.6) is 0 Å². The third-order valence-corrected chi connectivity index (χ3v) is 8.49. The number of fused-ring (bicyclic) bond motifs is 7. The molecular weight excluding hydrogens is 512 g/mol. The third-order valence-electron chi connectivity index (χ3n) is 8.49. The molecule has 0 aliphatic rings. The van der Waals surface area contributed by atoms with Crippen molar-refractivity contribution in [1.29, 1.82) is 0 Å². The number of hydrogen-bond acceptors (Lipinski definition) is 2. The lowest BCUT2D eigenvalue weighted by atomic mass is 9.85. The predicted octanol–water partition coefficient (Wildman–Crippen LogP) is 11.6. The first-order chi connectivity index (χ1) is 20.8. The van der Waals surface area contributed by atoms with Crippen molar-refractivity contribution in [3.63, 3.8) is 0 Å². The van der Waals surface area contributed by atoms with E-state index in [1.165, 1.54) is 33.0 Å². The zero-order valence-corrected chi connectivity index (χ0v) is 22.7. The van der Waals surface area contributed by atoms with Gasteiger partial charge in [0.25, 0.3) is 0 Å². The molecule has 2 heterocycles. The quantitative estimate of drug-likeness (QED) is 0.210. The Morgan fingerprint density at radius 1 is 0.357 bits per heavy atom. The van der Waals surface area contributed by atoms with Crippen LogP contribution in [0.3, 0.4) is 0 Å². The molecule has 0 radical (unpaired) electrons. The summed E-state index contributed by atoms with van der Waals surface area (Å²) in [6.07, 6.45) is 0. The van der Waals surface area contributed by atoms with Crippen LogP contribution in [-0.2, 0) is 0 Å². The van der Waals surface area contributed by atoms with Gasteiger partial charge in [-0.25, -0.2) is 0 Å². The highest BCUT2D eigenvalue weighted by atomic mass is 16.4. The zero-order valence-electron chi connectivity index (χ0n) is 22.7. The minimum atomic E-state index is 0.783. The van der Waals surface area contributed by atoms with E-state index >= 15 is 0 Å². The molecule has 7 aromatic carbocycles. The first-order valence-corrected chi connectivity index (χ1v) is 14.3. The van der Waals surface area contributed by atoms with Gasteiger partial charge in [0.15, 0.2) is 11.2 Å². The van der Waals surface area contributed by atoms with Gasteiger partial charge in [-0.2, -0.15) is 0 Å². The standard InChI is InChI=1S/C40H24O2/c1-2-12-25(13-3-1)27-14-4-5-16-29(27)37-30-17-6-8-19-32(30)38(33-20-9-7-18-31(33)37)36-24-26-22-23-34-28-15-10-11-21-35(28)41-40(34)39(26)42-36/h1-24H. The lowest BCUT2D eigenvalue weighted by molar-refractivity contribution is 0.612. The van der Waals surface area contributed by atoms with Gasteiger partial charge in [0.05, 0.1) is 0 Å².